The molecule has 0 saturated heterocycles. The smallest absolute Gasteiger partial charge is 0.277 e. The number of carbonyl (C=O) groups excluding carboxylic acids is 1. The molecule has 1 amide bonds. The minimum atomic E-state index is -3.53. The van der Waals surface area contributed by atoms with E-state index >= 15 is 0 Å². The Kier molecular flexibility index (Phi) is 8.28. The van der Waals surface area contributed by atoms with E-state index in [1.54, 1.807) is 25.1 Å². The van der Waals surface area contributed by atoms with Gasteiger partial charge in [-0.2, -0.15) is 13.1 Å². The molecule has 2 aromatic rings. The van der Waals surface area contributed by atoms with Crippen LogP contribution in [-0.4, -0.2) is 33.0 Å². The largest absolute Gasteiger partial charge is 0.479 e. The monoisotopic (exact) mass is 539 g/mol. The van der Waals surface area contributed by atoms with Crippen molar-refractivity contribution in [3.8, 4) is 5.75 Å². The third kappa shape index (κ3) is 6.49. The van der Waals surface area contributed by atoms with Crippen LogP contribution in [0, 0.1) is 11.8 Å². The van der Waals surface area contributed by atoms with Crippen molar-refractivity contribution in [1.82, 2.24) is 9.44 Å². The van der Waals surface area contributed by atoms with E-state index in [0.29, 0.717) is 28.0 Å². The molecule has 2 aliphatic carbocycles. The van der Waals surface area contributed by atoms with Crippen LogP contribution < -0.4 is 19.5 Å². The van der Waals surface area contributed by atoms with E-state index in [1.165, 1.54) is 5.56 Å². The molecule has 1 fully saturated rings. The first-order chi connectivity index (χ1) is 16.6. The molecule has 0 spiro atoms. The average Bonchev–Trinajstić information content (AvgIpc) is 3.07. The first-order valence-corrected chi connectivity index (χ1v) is 14.2. The summed E-state index contributed by atoms with van der Waals surface area (Å²) in [7, 11) is -3.53. The van der Waals surface area contributed by atoms with E-state index in [0.717, 1.165) is 37.7 Å². The molecule has 2 aliphatic rings. The van der Waals surface area contributed by atoms with Gasteiger partial charge in [-0.05, 0) is 92.3 Å². The number of amides is 1. The quantitative estimate of drug-likeness (QED) is 0.429. The number of hydrogen-bond acceptors (Lipinski definition) is 4. The third-order valence-corrected chi connectivity index (χ3v) is 8.46. The van der Waals surface area contributed by atoms with E-state index in [4.69, 9.17) is 27.9 Å². The molecule has 0 radical (unpaired) electrons. The second kappa shape index (κ2) is 11.0. The van der Waals surface area contributed by atoms with Gasteiger partial charge in [-0.3, -0.25) is 4.79 Å². The normalized spacial score (nSPS) is 22.2. The summed E-state index contributed by atoms with van der Waals surface area (Å²) >= 11 is 12.1. The molecular formula is C25H31Cl2N3O4S. The molecule has 0 heterocycles. The number of nitrogens with one attached hydrogen (secondary N) is 3. The second-order valence-corrected chi connectivity index (χ2v) is 11.7. The van der Waals surface area contributed by atoms with E-state index in [-0.39, 0.29) is 23.8 Å². The average molecular weight is 541 g/mol. The van der Waals surface area contributed by atoms with Crippen LogP contribution in [0.4, 0.5) is 5.69 Å². The molecule has 1 saturated carbocycles. The van der Waals surface area contributed by atoms with Gasteiger partial charge in [0, 0.05) is 23.3 Å². The van der Waals surface area contributed by atoms with Gasteiger partial charge in [0.25, 0.3) is 16.1 Å². The summed E-state index contributed by atoms with van der Waals surface area (Å²) in [6.07, 6.45) is 3.55. The molecule has 0 aliphatic heterocycles. The van der Waals surface area contributed by atoms with Gasteiger partial charge in [0.1, 0.15) is 5.75 Å². The van der Waals surface area contributed by atoms with Crippen molar-refractivity contribution in [1.29, 1.82) is 0 Å². The number of anilines is 1. The summed E-state index contributed by atoms with van der Waals surface area (Å²) < 4.78 is 36.2. The summed E-state index contributed by atoms with van der Waals surface area (Å²) in [6, 6.07) is 10.7. The maximum Gasteiger partial charge on any atom is 0.277 e. The van der Waals surface area contributed by atoms with Crippen molar-refractivity contribution >= 4 is 45.0 Å². The Balaban J connectivity index is 1.42. The molecule has 2 bridgehead atoms. The number of carbonyl (C=O) groups is 1. The molecule has 2 aromatic carbocycles. The Morgan fingerprint density at radius 2 is 1.80 bits per heavy atom. The van der Waals surface area contributed by atoms with Gasteiger partial charge >= 0.3 is 0 Å². The van der Waals surface area contributed by atoms with Crippen LogP contribution in [0.25, 0.3) is 0 Å². The Bertz CT molecular complexity index is 1190. The van der Waals surface area contributed by atoms with Crippen molar-refractivity contribution < 1.29 is 17.9 Å². The molecule has 10 heteroatoms. The summed E-state index contributed by atoms with van der Waals surface area (Å²) in [5.41, 5.74) is 3.04. The molecule has 35 heavy (non-hydrogen) atoms. The van der Waals surface area contributed by atoms with Gasteiger partial charge in [-0.15, -0.1) is 0 Å². The van der Waals surface area contributed by atoms with E-state index in [1.807, 2.05) is 25.1 Å². The second-order valence-electron chi connectivity index (χ2n) is 9.35. The fourth-order valence-electron chi connectivity index (χ4n) is 5.00. The molecule has 190 valence electrons. The first kappa shape index (κ1) is 26.2. The fraction of sp³-hybridized carbons (Fsp3) is 0.480. The van der Waals surface area contributed by atoms with E-state index in [2.05, 4.69) is 14.8 Å². The van der Waals surface area contributed by atoms with Crippen molar-refractivity contribution in [2.45, 2.75) is 58.1 Å². The zero-order valence-electron chi connectivity index (χ0n) is 19.8. The van der Waals surface area contributed by atoms with Crippen molar-refractivity contribution in [2.75, 3.05) is 11.9 Å². The van der Waals surface area contributed by atoms with Gasteiger partial charge in [0.2, 0.25) is 0 Å². The maximum absolute atomic E-state index is 12.8. The number of halogens is 2. The van der Waals surface area contributed by atoms with Gasteiger partial charge in [-0.25, -0.2) is 4.72 Å². The first-order valence-electron chi connectivity index (χ1n) is 12.0. The van der Waals surface area contributed by atoms with Crippen LogP contribution in [0.2, 0.25) is 10.0 Å². The lowest BCUT2D eigenvalue weighted by Crippen LogP contribution is -2.47. The van der Waals surface area contributed by atoms with Crippen LogP contribution in [0.3, 0.4) is 0 Å². The lowest BCUT2D eigenvalue weighted by atomic mass is 9.93. The molecule has 7 nitrogen and oxygen atoms in total. The fourth-order valence-corrected chi connectivity index (χ4v) is 6.75. The minimum absolute atomic E-state index is 0.0904. The number of hydrogen-bond donors (Lipinski definition) is 3. The molecule has 4 atom stereocenters. The van der Waals surface area contributed by atoms with Gasteiger partial charge in [0.05, 0.1) is 5.02 Å². The van der Waals surface area contributed by atoms with Crippen LogP contribution in [0.1, 0.15) is 44.2 Å². The number of benzene rings is 2. The lowest BCUT2D eigenvalue weighted by molar-refractivity contribution is -0.122. The Hall–Kier alpha value is -1.84. The highest BCUT2D eigenvalue weighted by Gasteiger charge is 2.41. The number of fused-ring (bicyclic) bond motifs is 3. The molecule has 3 N–H and O–H groups in total. The van der Waals surface area contributed by atoms with Crippen molar-refractivity contribution in [3.63, 3.8) is 0 Å². The summed E-state index contributed by atoms with van der Waals surface area (Å²) in [5.74, 6) is 0.578. The van der Waals surface area contributed by atoms with E-state index < -0.39 is 16.3 Å². The Morgan fingerprint density at radius 3 is 2.49 bits per heavy atom. The Labute approximate surface area is 217 Å². The van der Waals surface area contributed by atoms with Gasteiger partial charge in [-0.1, -0.05) is 36.2 Å². The number of ether oxygens (including phenoxy) is 1. The van der Waals surface area contributed by atoms with Crippen molar-refractivity contribution in [2.24, 2.45) is 11.8 Å². The molecular weight excluding hydrogens is 509 g/mol. The maximum atomic E-state index is 12.8. The predicted octanol–water partition coefficient (Wildman–Crippen LogP) is 4.73. The standard InChI is InChI=1S/C25H31Cl2N3O4S/c1-3-10-28-35(32,33)30-24-17-4-5-18(24)12-19-13-21(8-6-16(19)11-17)29-25(31)15(2)34-23-9-7-20(26)14-22(23)27/h6-9,13-15,17-18,24,28,30H,3-5,10-12H2,1-2H3,(H,29,31)/t15?,17-,18+,24+/m0/s1. The molecule has 4 rings (SSSR count). The van der Waals surface area contributed by atoms with Gasteiger partial charge in [0.15, 0.2) is 6.10 Å². The SMILES string of the molecule is CCCNS(=O)(=O)N[C@H]1[C@@H]2CC[C@H]1Cc1ccc(NC(=O)C(C)Oc3ccc(Cl)cc3Cl)cc1C2. The zero-order chi connectivity index (χ0) is 25.2. The van der Waals surface area contributed by atoms with Crippen LogP contribution >= 0.6 is 23.2 Å². The summed E-state index contributed by atoms with van der Waals surface area (Å²) in [5, 5.41) is 3.76. The molecule has 1 unspecified atom stereocenters. The van der Waals surface area contributed by atoms with Crippen molar-refractivity contribution in [3.05, 3.63) is 57.6 Å². The Morgan fingerprint density at radius 1 is 1.09 bits per heavy atom. The number of rotatable bonds is 9. The predicted molar refractivity (Wildman–Crippen MR) is 139 cm³/mol. The zero-order valence-corrected chi connectivity index (χ0v) is 22.1. The summed E-state index contributed by atoms with van der Waals surface area (Å²) in [4.78, 5) is 12.8. The van der Waals surface area contributed by atoms with E-state index in [9.17, 15) is 13.2 Å². The molecule has 0 aromatic heterocycles. The lowest BCUT2D eigenvalue weighted by Gasteiger charge is -2.23. The van der Waals surface area contributed by atoms with Crippen LogP contribution in [-0.2, 0) is 27.8 Å². The van der Waals surface area contributed by atoms with Crippen LogP contribution in [0.15, 0.2) is 36.4 Å². The topological polar surface area (TPSA) is 96.5 Å². The highest BCUT2D eigenvalue weighted by atomic mass is 35.5. The highest BCUT2D eigenvalue weighted by Crippen LogP contribution is 2.41. The third-order valence-electron chi connectivity index (χ3n) is 6.76. The highest BCUT2D eigenvalue weighted by molar-refractivity contribution is 7.87. The van der Waals surface area contributed by atoms with Gasteiger partial charge < -0.3 is 10.1 Å². The minimum Gasteiger partial charge on any atom is -0.479 e. The van der Waals surface area contributed by atoms with Crippen LogP contribution in [0.5, 0.6) is 5.75 Å². The summed E-state index contributed by atoms with van der Waals surface area (Å²) in [6.45, 7) is 4.02.